The van der Waals surface area contributed by atoms with Crippen molar-refractivity contribution in [2.24, 2.45) is 7.05 Å². The van der Waals surface area contributed by atoms with Gasteiger partial charge in [-0.2, -0.15) is 0 Å². The van der Waals surface area contributed by atoms with Gasteiger partial charge >= 0.3 is 0 Å². The average Bonchev–Trinajstić information content (AvgIpc) is 3.23. The molecular weight excluding hydrogens is 328 g/mol. The van der Waals surface area contributed by atoms with Crippen molar-refractivity contribution in [2.45, 2.75) is 19.4 Å². The Kier molecular flexibility index (Phi) is 4.12. The molecular formula is C19H20N6O. The highest BCUT2D eigenvalue weighted by Crippen LogP contribution is 2.25. The topological polar surface area (TPSA) is 75.9 Å². The number of carbonyl (C=O) groups excluding carboxylic acids is 1. The van der Waals surface area contributed by atoms with Crippen molar-refractivity contribution in [2.75, 3.05) is 16.8 Å². The zero-order chi connectivity index (χ0) is 18.1. The predicted molar refractivity (Wildman–Crippen MR) is 99.8 cm³/mol. The summed E-state index contributed by atoms with van der Waals surface area (Å²) < 4.78 is 1.62. The standard InChI is InChI=1S/C19H20N6O/c1-13-6-8-16(9-7-13)25-11-10-17(19(25)26)20-15-5-3-4-14(12-15)18-21-22-23-24(18)2/h3-9,12,17,20H,10-11H2,1-2H3/t17-/m0/s1. The summed E-state index contributed by atoms with van der Waals surface area (Å²) in [5, 5.41) is 14.9. The van der Waals surface area contributed by atoms with Gasteiger partial charge in [0.1, 0.15) is 6.04 Å². The van der Waals surface area contributed by atoms with Crippen LogP contribution in [-0.2, 0) is 11.8 Å². The lowest BCUT2D eigenvalue weighted by Gasteiger charge is -2.18. The summed E-state index contributed by atoms with van der Waals surface area (Å²) >= 11 is 0. The number of aryl methyl sites for hydroxylation is 2. The third-order valence-electron chi connectivity index (χ3n) is 4.63. The van der Waals surface area contributed by atoms with Gasteiger partial charge in [0, 0.05) is 30.5 Å². The molecule has 7 heteroatoms. The molecule has 26 heavy (non-hydrogen) atoms. The van der Waals surface area contributed by atoms with E-state index in [1.165, 1.54) is 5.56 Å². The van der Waals surface area contributed by atoms with Crippen LogP contribution in [-0.4, -0.2) is 38.7 Å². The van der Waals surface area contributed by atoms with Crippen LogP contribution in [0.15, 0.2) is 48.5 Å². The summed E-state index contributed by atoms with van der Waals surface area (Å²) in [7, 11) is 1.80. The summed E-state index contributed by atoms with van der Waals surface area (Å²) in [4.78, 5) is 14.6. The molecule has 0 spiro atoms. The van der Waals surface area contributed by atoms with E-state index in [1.807, 2.05) is 60.4 Å². The number of benzene rings is 2. The zero-order valence-corrected chi connectivity index (χ0v) is 14.8. The van der Waals surface area contributed by atoms with E-state index in [9.17, 15) is 4.79 Å². The van der Waals surface area contributed by atoms with Crippen LogP contribution in [0, 0.1) is 6.92 Å². The Morgan fingerprint density at radius 2 is 1.96 bits per heavy atom. The average molecular weight is 348 g/mol. The Balaban J connectivity index is 1.51. The van der Waals surface area contributed by atoms with Crippen LogP contribution >= 0.6 is 0 Å². The van der Waals surface area contributed by atoms with Gasteiger partial charge in [0.25, 0.3) is 0 Å². The molecule has 0 saturated carbocycles. The molecule has 1 fully saturated rings. The number of carbonyl (C=O) groups is 1. The van der Waals surface area contributed by atoms with Crippen LogP contribution in [0.2, 0.25) is 0 Å². The van der Waals surface area contributed by atoms with Crippen molar-refractivity contribution in [3.63, 3.8) is 0 Å². The predicted octanol–water partition coefficient (Wildman–Crippen LogP) is 2.40. The highest BCUT2D eigenvalue weighted by atomic mass is 16.2. The number of tetrazole rings is 1. The molecule has 1 atom stereocenters. The second-order valence-electron chi connectivity index (χ2n) is 6.52. The van der Waals surface area contributed by atoms with Crippen LogP contribution in [0.3, 0.4) is 0 Å². The first-order valence-corrected chi connectivity index (χ1v) is 8.59. The molecule has 0 unspecified atom stereocenters. The van der Waals surface area contributed by atoms with E-state index in [4.69, 9.17) is 0 Å². The number of rotatable bonds is 4. The van der Waals surface area contributed by atoms with E-state index >= 15 is 0 Å². The summed E-state index contributed by atoms with van der Waals surface area (Å²) in [6, 6.07) is 15.6. The Morgan fingerprint density at radius 1 is 1.15 bits per heavy atom. The molecule has 1 aliphatic rings. The molecule has 0 radical (unpaired) electrons. The van der Waals surface area contributed by atoms with Gasteiger partial charge in [-0.15, -0.1) is 5.10 Å². The normalized spacial score (nSPS) is 16.9. The molecule has 2 heterocycles. The van der Waals surface area contributed by atoms with Gasteiger partial charge in [-0.25, -0.2) is 4.68 Å². The first-order valence-electron chi connectivity index (χ1n) is 8.59. The number of nitrogens with one attached hydrogen (secondary N) is 1. The number of anilines is 2. The molecule has 3 aromatic rings. The maximum Gasteiger partial charge on any atom is 0.249 e. The van der Waals surface area contributed by atoms with Gasteiger partial charge in [-0.05, 0) is 48.0 Å². The minimum Gasteiger partial charge on any atom is -0.374 e. The van der Waals surface area contributed by atoms with Gasteiger partial charge in [-0.1, -0.05) is 29.8 Å². The maximum atomic E-state index is 12.8. The van der Waals surface area contributed by atoms with Crippen molar-refractivity contribution in [3.05, 3.63) is 54.1 Å². The SMILES string of the molecule is Cc1ccc(N2CC[C@H](Nc3cccc(-c4nnnn4C)c3)C2=O)cc1. The van der Waals surface area contributed by atoms with Crippen LogP contribution in [0.4, 0.5) is 11.4 Å². The Morgan fingerprint density at radius 3 is 2.69 bits per heavy atom. The Hall–Kier alpha value is -3.22. The zero-order valence-electron chi connectivity index (χ0n) is 14.8. The fraction of sp³-hybridized carbons (Fsp3) is 0.263. The quantitative estimate of drug-likeness (QED) is 0.783. The number of hydrogen-bond donors (Lipinski definition) is 1. The van der Waals surface area contributed by atoms with Crippen molar-refractivity contribution < 1.29 is 4.79 Å². The molecule has 1 amide bonds. The van der Waals surface area contributed by atoms with Gasteiger partial charge < -0.3 is 10.2 Å². The number of amides is 1. The van der Waals surface area contributed by atoms with E-state index in [2.05, 4.69) is 20.8 Å². The van der Waals surface area contributed by atoms with Crippen molar-refractivity contribution in [1.29, 1.82) is 0 Å². The van der Waals surface area contributed by atoms with Crippen molar-refractivity contribution in [3.8, 4) is 11.4 Å². The summed E-state index contributed by atoms with van der Waals surface area (Å²) in [6.07, 6.45) is 0.766. The minimum atomic E-state index is -0.232. The number of hydrogen-bond acceptors (Lipinski definition) is 5. The van der Waals surface area contributed by atoms with Crippen molar-refractivity contribution >= 4 is 17.3 Å². The molecule has 0 bridgehead atoms. The van der Waals surface area contributed by atoms with E-state index in [1.54, 1.807) is 11.7 Å². The van der Waals surface area contributed by atoms with Crippen LogP contribution in [0.25, 0.3) is 11.4 Å². The van der Waals surface area contributed by atoms with Crippen LogP contribution in [0.1, 0.15) is 12.0 Å². The fourth-order valence-electron chi connectivity index (χ4n) is 3.22. The van der Waals surface area contributed by atoms with E-state index < -0.39 is 0 Å². The fourth-order valence-corrected chi connectivity index (χ4v) is 3.22. The van der Waals surface area contributed by atoms with Crippen LogP contribution in [0.5, 0.6) is 0 Å². The second-order valence-corrected chi connectivity index (χ2v) is 6.52. The molecule has 1 saturated heterocycles. The lowest BCUT2D eigenvalue weighted by Crippen LogP contribution is -2.33. The lowest BCUT2D eigenvalue weighted by molar-refractivity contribution is -0.117. The van der Waals surface area contributed by atoms with Crippen molar-refractivity contribution in [1.82, 2.24) is 20.2 Å². The molecule has 7 nitrogen and oxygen atoms in total. The summed E-state index contributed by atoms with van der Waals surface area (Å²) in [5.41, 5.74) is 3.92. The molecule has 1 aliphatic heterocycles. The molecule has 2 aromatic carbocycles. The van der Waals surface area contributed by atoms with Gasteiger partial charge in [0.2, 0.25) is 5.91 Å². The summed E-state index contributed by atoms with van der Waals surface area (Å²) in [5.74, 6) is 0.785. The Bertz CT molecular complexity index is 933. The van der Waals surface area contributed by atoms with E-state index in [0.717, 1.165) is 23.4 Å². The minimum absolute atomic E-state index is 0.0968. The largest absolute Gasteiger partial charge is 0.374 e. The van der Waals surface area contributed by atoms with Gasteiger partial charge in [-0.3, -0.25) is 4.79 Å². The monoisotopic (exact) mass is 348 g/mol. The highest BCUT2D eigenvalue weighted by Gasteiger charge is 2.32. The molecule has 4 rings (SSSR count). The summed E-state index contributed by atoms with van der Waals surface area (Å²) in [6.45, 7) is 2.76. The number of aromatic nitrogens is 4. The Labute approximate surface area is 151 Å². The van der Waals surface area contributed by atoms with Crippen LogP contribution < -0.4 is 10.2 Å². The molecule has 1 aromatic heterocycles. The van der Waals surface area contributed by atoms with E-state index in [0.29, 0.717) is 12.4 Å². The lowest BCUT2D eigenvalue weighted by atomic mass is 10.1. The van der Waals surface area contributed by atoms with Gasteiger partial charge in [0.15, 0.2) is 5.82 Å². The maximum absolute atomic E-state index is 12.8. The first kappa shape index (κ1) is 16.3. The van der Waals surface area contributed by atoms with E-state index in [-0.39, 0.29) is 11.9 Å². The number of nitrogens with zero attached hydrogens (tertiary/aromatic N) is 5. The first-order chi connectivity index (χ1) is 12.6. The molecule has 0 aliphatic carbocycles. The smallest absolute Gasteiger partial charge is 0.249 e. The van der Waals surface area contributed by atoms with Gasteiger partial charge in [0.05, 0.1) is 0 Å². The third kappa shape index (κ3) is 3.03. The third-order valence-corrected chi connectivity index (χ3v) is 4.63. The second kappa shape index (κ2) is 6.59. The highest BCUT2D eigenvalue weighted by molar-refractivity contribution is 6.01. The molecule has 1 N–H and O–H groups in total. The molecule has 132 valence electrons.